The summed E-state index contributed by atoms with van der Waals surface area (Å²) in [6, 6.07) is 8.31. The normalized spacial score (nSPS) is 24.1. The summed E-state index contributed by atoms with van der Waals surface area (Å²) < 4.78 is 1.82. The van der Waals surface area contributed by atoms with Crippen LogP contribution in [0.1, 0.15) is 60.8 Å². The molecular formula is C24H29N5O2. The van der Waals surface area contributed by atoms with Gasteiger partial charge in [0.25, 0.3) is 0 Å². The third kappa shape index (κ3) is 4.19. The molecule has 1 saturated heterocycles. The van der Waals surface area contributed by atoms with E-state index in [0.717, 1.165) is 61.3 Å². The van der Waals surface area contributed by atoms with Crippen LogP contribution in [0.2, 0.25) is 0 Å². The minimum Gasteiger partial charge on any atom is -0.272 e. The Morgan fingerprint density at radius 2 is 1.97 bits per heavy atom. The van der Waals surface area contributed by atoms with E-state index in [1.807, 2.05) is 36.8 Å². The van der Waals surface area contributed by atoms with Gasteiger partial charge < -0.3 is 0 Å². The molecule has 1 amide bonds. The third-order valence-corrected chi connectivity index (χ3v) is 6.67. The Bertz CT molecular complexity index is 1070. The first-order chi connectivity index (χ1) is 15.1. The maximum Gasteiger partial charge on any atom is 0.249 e. The molecule has 3 aromatic heterocycles. The summed E-state index contributed by atoms with van der Waals surface area (Å²) in [5.74, 6) is 1.59. The lowest BCUT2D eigenvalue weighted by atomic mass is 9.79. The smallest absolute Gasteiger partial charge is 0.249 e. The van der Waals surface area contributed by atoms with Gasteiger partial charge in [0.2, 0.25) is 5.91 Å². The first kappa shape index (κ1) is 20.1. The number of aryl methyl sites for hydroxylation is 2. The largest absolute Gasteiger partial charge is 0.272 e. The van der Waals surface area contributed by atoms with Gasteiger partial charge in [-0.15, -0.1) is 0 Å². The summed E-state index contributed by atoms with van der Waals surface area (Å²) in [6.07, 6.45) is 9.71. The number of fused-ring (bicyclic) bond motifs is 1. The molecule has 0 aromatic carbocycles. The van der Waals surface area contributed by atoms with Crippen molar-refractivity contribution in [2.24, 2.45) is 11.8 Å². The minimum absolute atomic E-state index is 0.0170. The van der Waals surface area contributed by atoms with Gasteiger partial charge in [-0.05, 0) is 81.2 Å². The summed E-state index contributed by atoms with van der Waals surface area (Å²) >= 11 is 0. The third-order valence-electron chi connectivity index (χ3n) is 6.67. The topological polar surface area (TPSA) is 72.6 Å². The molecule has 3 aromatic rings. The van der Waals surface area contributed by atoms with E-state index < -0.39 is 0 Å². The molecule has 2 fully saturated rings. The Morgan fingerprint density at radius 3 is 2.74 bits per heavy atom. The van der Waals surface area contributed by atoms with Crippen LogP contribution in [0.15, 0.2) is 36.7 Å². The maximum atomic E-state index is 13.2. The van der Waals surface area contributed by atoms with Crippen LogP contribution in [0.3, 0.4) is 0 Å². The van der Waals surface area contributed by atoms with Crippen molar-refractivity contribution >= 4 is 11.6 Å². The van der Waals surface area contributed by atoms with Gasteiger partial charge in [-0.2, -0.15) is 5.10 Å². The van der Waals surface area contributed by atoms with Crippen molar-refractivity contribution in [1.29, 1.82) is 0 Å². The zero-order valence-electron chi connectivity index (χ0n) is 18.2. The molecule has 1 saturated carbocycles. The molecule has 5 rings (SSSR count). The maximum absolute atomic E-state index is 13.2. The van der Waals surface area contributed by atoms with Gasteiger partial charge >= 0.3 is 0 Å². The number of hydrogen-bond acceptors (Lipinski definition) is 5. The Morgan fingerprint density at radius 1 is 1.13 bits per heavy atom. The van der Waals surface area contributed by atoms with E-state index in [4.69, 9.17) is 4.84 Å². The van der Waals surface area contributed by atoms with Gasteiger partial charge in [0, 0.05) is 30.4 Å². The van der Waals surface area contributed by atoms with Crippen LogP contribution in [-0.2, 0) is 16.1 Å². The number of pyridine rings is 2. The fourth-order valence-electron chi connectivity index (χ4n) is 4.95. The second-order valence-electron chi connectivity index (χ2n) is 8.95. The Labute approximate surface area is 182 Å². The van der Waals surface area contributed by atoms with E-state index in [-0.39, 0.29) is 17.9 Å². The summed E-state index contributed by atoms with van der Waals surface area (Å²) in [5, 5.41) is 5.99. The minimum atomic E-state index is -0.0170. The first-order valence-corrected chi connectivity index (χ1v) is 11.3. The molecule has 162 valence electrons. The van der Waals surface area contributed by atoms with Gasteiger partial charge in [-0.25, -0.2) is 14.6 Å². The number of aromatic nitrogens is 4. The molecule has 1 aliphatic carbocycles. The average Bonchev–Trinajstić information content (AvgIpc) is 3.40. The second-order valence-corrected chi connectivity index (χ2v) is 8.95. The van der Waals surface area contributed by atoms with Crippen LogP contribution in [0.5, 0.6) is 0 Å². The molecule has 0 N–H and O–H groups in total. The lowest BCUT2D eigenvalue weighted by Crippen LogP contribution is -2.36. The summed E-state index contributed by atoms with van der Waals surface area (Å²) in [4.78, 5) is 27.9. The molecule has 4 heterocycles. The molecule has 7 heteroatoms. The molecule has 7 nitrogen and oxygen atoms in total. The van der Waals surface area contributed by atoms with Gasteiger partial charge in [0.15, 0.2) is 5.65 Å². The van der Waals surface area contributed by atoms with Gasteiger partial charge in [-0.3, -0.25) is 14.6 Å². The van der Waals surface area contributed by atoms with E-state index in [0.29, 0.717) is 12.5 Å². The van der Waals surface area contributed by atoms with Crippen molar-refractivity contribution in [3.05, 3.63) is 59.3 Å². The zero-order chi connectivity index (χ0) is 21.4. The highest BCUT2D eigenvalue weighted by Crippen LogP contribution is 2.37. The molecular weight excluding hydrogens is 390 g/mol. The van der Waals surface area contributed by atoms with E-state index in [1.54, 1.807) is 5.06 Å². The molecule has 0 bridgehead atoms. The number of carbonyl (C=O) groups is 1. The van der Waals surface area contributed by atoms with Gasteiger partial charge in [0.1, 0.15) is 5.82 Å². The highest BCUT2D eigenvalue weighted by Gasteiger charge is 2.37. The van der Waals surface area contributed by atoms with Crippen LogP contribution < -0.4 is 0 Å². The fraction of sp³-hybridized carbons (Fsp3) is 0.500. The summed E-state index contributed by atoms with van der Waals surface area (Å²) in [6.45, 7) is 4.47. The van der Waals surface area contributed by atoms with Crippen molar-refractivity contribution in [2.45, 2.75) is 58.4 Å². The summed E-state index contributed by atoms with van der Waals surface area (Å²) in [5.41, 5.74) is 4.24. The Hall–Kier alpha value is -2.80. The van der Waals surface area contributed by atoms with Crippen LogP contribution in [0.25, 0.3) is 5.65 Å². The molecule has 1 aliphatic heterocycles. The number of hydroxylamine groups is 2. The number of carbonyl (C=O) groups excluding carboxylic acids is 1. The molecule has 0 radical (unpaired) electrons. The first-order valence-electron chi connectivity index (χ1n) is 11.3. The highest BCUT2D eigenvalue weighted by atomic mass is 16.7. The molecule has 2 aliphatic rings. The van der Waals surface area contributed by atoms with Crippen molar-refractivity contribution in [3.63, 3.8) is 0 Å². The Kier molecular flexibility index (Phi) is 5.44. The molecule has 0 spiro atoms. The van der Waals surface area contributed by atoms with E-state index in [2.05, 4.69) is 33.3 Å². The van der Waals surface area contributed by atoms with Crippen molar-refractivity contribution in [2.75, 3.05) is 6.61 Å². The van der Waals surface area contributed by atoms with Crippen molar-refractivity contribution in [3.8, 4) is 0 Å². The Balaban J connectivity index is 1.19. The predicted octanol–water partition coefficient (Wildman–Crippen LogP) is 4.00. The predicted molar refractivity (Wildman–Crippen MR) is 116 cm³/mol. The van der Waals surface area contributed by atoms with E-state index >= 15 is 0 Å². The number of rotatable bonds is 4. The molecule has 31 heavy (non-hydrogen) atoms. The van der Waals surface area contributed by atoms with Gasteiger partial charge in [0.05, 0.1) is 12.6 Å². The van der Waals surface area contributed by atoms with Crippen molar-refractivity contribution < 1.29 is 9.63 Å². The molecule has 1 atom stereocenters. The van der Waals surface area contributed by atoms with E-state index in [1.165, 1.54) is 5.56 Å². The van der Waals surface area contributed by atoms with Crippen LogP contribution in [0, 0.1) is 25.7 Å². The quantitative estimate of drug-likeness (QED) is 0.639. The highest BCUT2D eigenvalue weighted by molar-refractivity contribution is 5.78. The second kappa shape index (κ2) is 8.38. The van der Waals surface area contributed by atoms with Gasteiger partial charge in [-0.1, -0.05) is 6.07 Å². The number of amides is 1. The van der Waals surface area contributed by atoms with E-state index in [9.17, 15) is 4.79 Å². The van der Waals surface area contributed by atoms with Crippen LogP contribution in [-0.4, -0.2) is 37.2 Å². The average molecular weight is 420 g/mol. The van der Waals surface area contributed by atoms with Crippen LogP contribution in [0.4, 0.5) is 0 Å². The SMILES string of the molecule is Cc1ccc([C@@H]2CCON2C(=O)[C@H]2CC[C@H](Cc3ccn4nc(C)nc4c3)CC2)cn1. The zero-order valence-corrected chi connectivity index (χ0v) is 18.2. The standard InChI is InChI=1S/C24H29N5O2/c1-16-3-6-21(15-25-16)22-10-12-31-29(22)24(30)20-7-4-18(5-8-20)13-19-9-11-28-23(14-19)26-17(2)27-28/h3,6,9,11,14-15,18,20,22H,4-5,7-8,10,12-13H2,1-2H3/t18-,20-,22-/m0/s1. The van der Waals surface area contributed by atoms with Crippen molar-refractivity contribution in [1.82, 2.24) is 24.6 Å². The summed E-state index contributed by atoms with van der Waals surface area (Å²) in [7, 11) is 0. The monoisotopic (exact) mass is 419 g/mol. The fourth-order valence-corrected chi connectivity index (χ4v) is 4.95. The lowest BCUT2D eigenvalue weighted by Gasteiger charge is -2.32. The molecule has 0 unspecified atom stereocenters. The van der Waals surface area contributed by atoms with Crippen LogP contribution >= 0.6 is 0 Å². The number of nitrogens with zero attached hydrogens (tertiary/aromatic N) is 5. The number of hydrogen-bond donors (Lipinski definition) is 0. The lowest BCUT2D eigenvalue weighted by molar-refractivity contribution is -0.183.